The zero-order valence-electron chi connectivity index (χ0n) is 18.6. The van der Waals surface area contributed by atoms with Crippen LogP contribution in [0.25, 0.3) is 0 Å². The van der Waals surface area contributed by atoms with Crippen LogP contribution in [0.4, 0.5) is 0 Å². The third-order valence-electron chi connectivity index (χ3n) is 7.49. The van der Waals surface area contributed by atoms with E-state index in [1.54, 1.807) is 0 Å². The van der Waals surface area contributed by atoms with Crippen molar-refractivity contribution in [2.75, 3.05) is 0 Å². The lowest BCUT2D eigenvalue weighted by atomic mass is 9.65. The maximum Gasteiger partial charge on any atom is 0.110 e. The summed E-state index contributed by atoms with van der Waals surface area (Å²) in [5.74, 6) is 1.78. The number of aryl methyl sites for hydroxylation is 1. The van der Waals surface area contributed by atoms with Gasteiger partial charge in [0.1, 0.15) is 5.41 Å². The van der Waals surface area contributed by atoms with Crippen LogP contribution in [-0.2, 0) is 11.8 Å². The van der Waals surface area contributed by atoms with E-state index < -0.39 is 5.41 Å². The van der Waals surface area contributed by atoms with Gasteiger partial charge < -0.3 is 0 Å². The SMILES string of the molecule is CC(CCCc1ccccc1)C1CCC(C(C#N)(c2ccccc2)c2ccccc2)C1. The summed E-state index contributed by atoms with van der Waals surface area (Å²) in [6, 6.07) is 34.6. The second kappa shape index (κ2) is 9.97. The largest absolute Gasteiger partial charge is 0.197 e. The van der Waals surface area contributed by atoms with Gasteiger partial charge in [-0.05, 0) is 66.5 Å². The van der Waals surface area contributed by atoms with E-state index in [9.17, 15) is 5.26 Å². The number of benzene rings is 3. The van der Waals surface area contributed by atoms with Crippen molar-refractivity contribution in [2.24, 2.45) is 17.8 Å². The van der Waals surface area contributed by atoms with E-state index in [1.807, 2.05) is 12.1 Å². The molecule has 1 aliphatic rings. The molecular formula is C30H33N. The van der Waals surface area contributed by atoms with Crippen molar-refractivity contribution in [2.45, 2.75) is 50.9 Å². The Balaban J connectivity index is 1.49. The molecule has 3 aromatic carbocycles. The highest BCUT2D eigenvalue weighted by molar-refractivity contribution is 5.47. The molecule has 4 rings (SSSR count). The Hall–Kier alpha value is -2.85. The van der Waals surface area contributed by atoms with E-state index in [-0.39, 0.29) is 0 Å². The number of nitriles is 1. The molecule has 0 radical (unpaired) electrons. The van der Waals surface area contributed by atoms with Crippen LogP contribution < -0.4 is 0 Å². The van der Waals surface area contributed by atoms with Gasteiger partial charge in [0.15, 0.2) is 0 Å². The highest BCUT2D eigenvalue weighted by atomic mass is 14.5. The average molecular weight is 408 g/mol. The zero-order chi connectivity index (χ0) is 21.5. The van der Waals surface area contributed by atoms with Crippen LogP contribution in [0.1, 0.15) is 55.7 Å². The summed E-state index contributed by atoms with van der Waals surface area (Å²) in [5, 5.41) is 10.6. The van der Waals surface area contributed by atoms with Crippen molar-refractivity contribution in [1.29, 1.82) is 5.26 Å². The molecular weight excluding hydrogens is 374 g/mol. The maximum atomic E-state index is 10.6. The van der Waals surface area contributed by atoms with E-state index in [0.29, 0.717) is 17.8 Å². The lowest BCUT2D eigenvalue weighted by molar-refractivity contribution is 0.309. The van der Waals surface area contributed by atoms with Gasteiger partial charge in [0, 0.05) is 0 Å². The monoisotopic (exact) mass is 407 g/mol. The van der Waals surface area contributed by atoms with Crippen LogP contribution in [-0.4, -0.2) is 0 Å². The fourth-order valence-corrected chi connectivity index (χ4v) is 5.70. The summed E-state index contributed by atoms with van der Waals surface area (Å²) in [6.07, 6.45) is 7.18. The maximum absolute atomic E-state index is 10.6. The summed E-state index contributed by atoms with van der Waals surface area (Å²) >= 11 is 0. The van der Waals surface area contributed by atoms with Crippen LogP contribution >= 0.6 is 0 Å². The summed E-state index contributed by atoms with van der Waals surface area (Å²) in [6.45, 7) is 2.43. The minimum absolute atomic E-state index is 0.365. The first kappa shape index (κ1) is 21.4. The first-order chi connectivity index (χ1) is 15.2. The van der Waals surface area contributed by atoms with Crippen molar-refractivity contribution in [3.63, 3.8) is 0 Å². The topological polar surface area (TPSA) is 23.8 Å². The molecule has 0 spiro atoms. The molecule has 1 fully saturated rings. The van der Waals surface area contributed by atoms with E-state index in [1.165, 1.54) is 24.8 Å². The smallest absolute Gasteiger partial charge is 0.110 e. The van der Waals surface area contributed by atoms with Crippen molar-refractivity contribution in [3.8, 4) is 6.07 Å². The normalized spacial score (nSPS) is 19.6. The molecule has 3 atom stereocenters. The van der Waals surface area contributed by atoms with E-state index >= 15 is 0 Å². The molecule has 1 nitrogen and oxygen atoms in total. The molecule has 0 N–H and O–H groups in total. The Morgan fingerprint density at radius 2 is 1.39 bits per heavy atom. The minimum Gasteiger partial charge on any atom is -0.197 e. The molecule has 0 bridgehead atoms. The van der Waals surface area contributed by atoms with E-state index in [0.717, 1.165) is 30.4 Å². The van der Waals surface area contributed by atoms with Crippen molar-refractivity contribution >= 4 is 0 Å². The minimum atomic E-state index is -0.555. The molecule has 158 valence electrons. The molecule has 0 amide bonds. The van der Waals surface area contributed by atoms with E-state index in [2.05, 4.69) is 91.9 Å². The highest BCUT2D eigenvalue weighted by Crippen LogP contribution is 2.50. The lowest BCUT2D eigenvalue weighted by Gasteiger charge is -2.34. The van der Waals surface area contributed by atoms with Gasteiger partial charge in [-0.3, -0.25) is 0 Å². The predicted octanol–water partition coefficient (Wildman–Crippen LogP) is 7.57. The Morgan fingerprint density at radius 3 is 1.94 bits per heavy atom. The van der Waals surface area contributed by atoms with Crippen LogP contribution in [0.2, 0.25) is 0 Å². The fraction of sp³-hybridized carbons (Fsp3) is 0.367. The van der Waals surface area contributed by atoms with Crippen molar-refractivity contribution in [3.05, 3.63) is 108 Å². The van der Waals surface area contributed by atoms with Crippen LogP contribution in [0, 0.1) is 29.1 Å². The Bertz CT molecular complexity index is 932. The molecule has 3 unspecified atom stereocenters. The second-order valence-corrected chi connectivity index (χ2v) is 9.28. The molecule has 0 saturated heterocycles. The Labute approximate surface area is 187 Å². The lowest BCUT2D eigenvalue weighted by Crippen LogP contribution is -2.34. The van der Waals surface area contributed by atoms with Crippen LogP contribution in [0.15, 0.2) is 91.0 Å². The molecule has 1 aliphatic carbocycles. The van der Waals surface area contributed by atoms with Crippen LogP contribution in [0.3, 0.4) is 0 Å². The van der Waals surface area contributed by atoms with Gasteiger partial charge in [-0.1, -0.05) is 104 Å². The molecule has 3 aromatic rings. The number of hydrogen-bond donors (Lipinski definition) is 0. The van der Waals surface area contributed by atoms with Crippen molar-refractivity contribution in [1.82, 2.24) is 0 Å². The fourth-order valence-electron chi connectivity index (χ4n) is 5.70. The van der Waals surface area contributed by atoms with Gasteiger partial charge in [0.2, 0.25) is 0 Å². The first-order valence-electron chi connectivity index (χ1n) is 11.8. The second-order valence-electron chi connectivity index (χ2n) is 9.28. The summed E-state index contributed by atoms with van der Waals surface area (Å²) in [7, 11) is 0. The number of rotatable bonds is 8. The molecule has 1 heteroatoms. The Kier molecular flexibility index (Phi) is 6.88. The molecule has 31 heavy (non-hydrogen) atoms. The predicted molar refractivity (Wildman–Crippen MR) is 129 cm³/mol. The van der Waals surface area contributed by atoms with E-state index in [4.69, 9.17) is 0 Å². The third kappa shape index (κ3) is 4.59. The van der Waals surface area contributed by atoms with Gasteiger partial charge in [-0.2, -0.15) is 5.26 Å². The molecule has 0 aromatic heterocycles. The third-order valence-corrected chi connectivity index (χ3v) is 7.49. The van der Waals surface area contributed by atoms with Gasteiger partial charge in [-0.15, -0.1) is 0 Å². The summed E-state index contributed by atoms with van der Waals surface area (Å²) < 4.78 is 0. The van der Waals surface area contributed by atoms with Crippen molar-refractivity contribution < 1.29 is 0 Å². The standard InChI is InChI=1S/C30H33N/c1-24(12-11-15-25-13-5-2-6-14-25)26-20-21-29(22-26)30(23-31,27-16-7-3-8-17-27)28-18-9-4-10-19-28/h2-10,13-14,16-19,24,26,29H,11-12,15,20-22H2,1H3. The quantitative estimate of drug-likeness (QED) is 0.378. The van der Waals surface area contributed by atoms with Crippen LogP contribution in [0.5, 0.6) is 0 Å². The number of nitrogens with zero attached hydrogens (tertiary/aromatic N) is 1. The zero-order valence-corrected chi connectivity index (χ0v) is 18.6. The summed E-state index contributed by atoms with van der Waals surface area (Å²) in [4.78, 5) is 0. The Morgan fingerprint density at radius 1 is 0.839 bits per heavy atom. The van der Waals surface area contributed by atoms with Gasteiger partial charge in [0.25, 0.3) is 0 Å². The highest BCUT2D eigenvalue weighted by Gasteiger charge is 2.46. The molecule has 1 saturated carbocycles. The average Bonchev–Trinajstić information content (AvgIpc) is 3.33. The number of hydrogen-bond acceptors (Lipinski definition) is 1. The molecule has 0 aliphatic heterocycles. The van der Waals surface area contributed by atoms with Gasteiger partial charge in [-0.25, -0.2) is 0 Å². The van der Waals surface area contributed by atoms with Gasteiger partial charge in [0.05, 0.1) is 6.07 Å². The summed E-state index contributed by atoms with van der Waals surface area (Å²) in [5.41, 5.74) is 3.17. The first-order valence-corrected chi connectivity index (χ1v) is 11.8. The molecule has 0 heterocycles. The van der Waals surface area contributed by atoms with Gasteiger partial charge >= 0.3 is 0 Å².